The topological polar surface area (TPSA) is 47.3 Å². The molecule has 1 aliphatic heterocycles. The number of hydrogen-bond donors (Lipinski definition) is 2. The van der Waals surface area contributed by atoms with Crippen LogP contribution in [0.1, 0.15) is 36.5 Å². The highest BCUT2D eigenvalue weighted by Crippen LogP contribution is 2.38. The lowest BCUT2D eigenvalue weighted by molar-refractivity contribution is 0.0119. The third kappa shape index (κ3) is 2.37. The van der Waals surface area contributed by atoms with Crippen LogP contribution in [-0.2, 0) is 11.2 Å². The van der Waals surface area contributed by atoms with Crippen LogP contribution in [0.5, 0.6) is 0 Å². The fourth-order valence-corrected chi connectivity index (χ4v) is 2.75. The van der Waals surface area contributed by atoms with Crippen LogP contribution >= 0.6 is 0 Å². The van der Waals surface area contributed by atoms with E-state index >= 15 is 0 Å². The summed E-state index contributed by atoms with van der Waals surface area (Å²) in [6, 6.07) is 8.83. The Morgan fingerprint density at radius 1 is 1.35 bits per heavy atom. The molecule has 3 nitrogen and oxygen atoms in total. The summed E-state index contributed by atoms with van der Waals surface area (Å²) in [5.74, 6) is 6.56. The van der Waals surface area contributed by atoms with E-state index in [2.05, 4.69) is 29.7 Å². The van der Waals surface area contributed by atoms with Gasteiger partial charge in [0, 0.05) is 0 Å². The van der Waals surface area contributed by atoms with Gasteiger partial charge in [0.15, 0.2) is 0 Å². The van der Waals surface area contributed by atoms with Crippen molar-refractivity contribution in [3.63, 3.8) is 0 Å². The van der Waals surface area contributed by atoms with Crippen molar-refractivity contribution in [1.29, 1.82) is 0 Å². The SMILES string of the molecule is NNC(CC1CC1)C1OCCc2ccccc21. The molecule has 17 heavy (non-hydrogen) atoms. The maximum atomic E-state index is 5.94. The second-order valence-electron chi connectivity index (χ2n) is 5.19. The predicted molar refractivity (Wildman–Crippen MR) is 67.3 cm³/mol. The van der Waals surface area contributed by atoms with E-state index in [-0.39, 0.29) is 12.1 Å². The normalized spacial score (nSPS) is 25.4. The molecule has 0 amide bonds. The third-order valence-electron chi connectivity index (χ3n) is 3.89. The van der Waals surface area contributed by atoms with Crippen molar-refractivity contribution in [3.8, 4) is 0 Å². The van der Waals surface area contributed by atoms with Gasteiger partial charge in [-0.2, -0.15) is 0 Å². The summed E-state index contributed by atoms with van der Waals surface area (Å²) in [5, 5.41) is 0. The van der Waals surface area contributed by atoms with E-state index in [4.69, 9.17) is 10.6 Å². The van der Waals surface area contributed by atoms with E-state index < -0.39 is 0 Å². The van der Waals surface area contributed by atoms with Crippen LogP contribution in [0, 0.1) is 5.92 Å². The zero-order valence-corrected chi connectivity index (χ0v) is 10.1. The van der Waals surface area contributed by atoms with Gasteiger partial charge in [0.2, 0.25) is 0 Å². The summed E-state index contributed by atoms with van der Waals surface area (Å²) in [6.45, 7) is 0.810. The Morgan fingerprint density at radius 2 is 2.18 bits per heavy atom. The van der Waals surface area contributed by atoms with Gasteiger partial charge in [-0.05, 0) is 29.9 Å². The highest BCUT2D eigenvalue weighted by atomic mass is 16.5. The highest BCUT2D eigenvalue weighted by Gasteiger charge is 2.33. The maximum Gasteiger partial charge on any atom is 0.0994 e. The van der Waals surface area contributed by atoms with E-state index in [9.17, 15) is 0 Å². The molecule has 1 aliphatic carbocycles. The summed E-state index contributed by atoms with van der Waals surface area (Å²) in [5.41, 5.74) is 5.70. The Balaban J connectivity index is 1.82. The summed E-state index contributed by atoms with van der Waals surface area (Å²) in [7, 11) is 0. The Morgan fingerprint density at radius 3 is 2.94 bits per heavy atom. The van der Waals surface area contributed by atoms with Crippen LogP contribution in [-0.4, -0.2) is 12.6 Å². The number of hydrazine groups is 1. The number of nitrogens with two attached hydrogens (primary N) is 1. The number of ether oxygens (including phenoxy) is 1. The first kappa shape index (κ1) is 11.2. The Bertz CT molecular complexity index is 390. The van der Waals surface area contributed by atoms with Crippen molar-refractivity contribution in [2.75, 3.05) is 6.61 Å². The van der Waals surface area contributed by atoms with Crippen molar-refractivity contribution < 1.29 is 4.74 Å². The van der Waals surface area contributed by atoms with Gasteiger partial charge in [0.25, 0.3) is 0 Å². The molecule has 0 saturated heterocycles. The number of nitrogens with one attached hydrogen (secondary N) is 1. The molecule has 92 valence electrons. The molecule has 2 atom stereocenters. The molecular formula is C14H20N2O. The molecule has 0 aromatic heterocycles. The molecule has 0 spiro atoms. The molecule has 0 radical (unpaired) electrons. The minimum absolute atomic E-state index is 0.130. The average molecular weight is 232 g/mol. The number of rotatable bonds is 4. The maximum absolute atomic E-state index is 5.94. The van der Waals surface area contributed by atoms with Crippen LogP contribution in [0.15, 0.2) is 24.3 Å². The zero-order chi connectivity index (χ0) is 11.7. The summed E-state index contributed by atoms with van der Waals surface area (Å²) in [4.78, 5) is 0. The van der Waals surface area contributed by atoms with E-state index in [0.717, 1.165) is 25.4 Å². The Labute approximate surface area is 102 Å². The predicted octanol–water partition coefficient (Wildman–Crippen LogP) is 1.93. The van der Waals surface area contributed by atoms with Crippen LogP contribution in [0.25, 0.3) is 0 Å². The molecule has 0 bridgehead atoms. The van der Waals surface area contributed by atoms with Crippen molar-refractivity contribution in [3.05, 3.63) is 35.4 Å². The van der Waals surface area contributed by atoms with Gasteiger partial charge in [-0.1, -0.05) is 37.1 Å². The molecule has 2 aliphatic rings. The van der Waals surface area contributed by atoms with E-state index in [0.29, 0.717) is 0 Å². The number of benzene rings is 1. The molecule has 3 rings (SSSR count). The quantitative estimate of drug-likeness (QED) is 0.616. The lowest BCUT2D eigenvalue weighted by atomic mass is 9.91. The molecule has 1 aromatic rings. The number of hydrogen-bond acceptors (Lipinski definition) is 3. The lowest BCUT2D eigenvalue weighted by Gasteiger charge is -2.32. The van der Waals surface area contributed by atoms with Gasteiger partial charge >= 0.3 is 0 Å². The molecule has 2 unspecified atom stereocenters. The van der Waals surface area contributed by atoms with E-state index in [1.54, 1.807) is 0 Å². The monoisotopic (exact) mass is 232 g/mol. The van der Waals surface area contributed by atoms with Crippen molar-refractivity contribution in [1.82, 2.24) is 5.43 Å². The van der Waals surface area contributed by atoms with Gasteiger partial charge in [0.05, 0.1) is 18.8 Å². The number of fused-ring (bicyclic) bond motifs is 1. The third-order valence-corrected chi connectivity index (χ3v) is 3.89. The largest absolute Gasteiger partial charge is 0.371 e. The van der Waals surface area contributed by atoms with Gasteiger partial charge in [-0.25, -0.2) is 0 Å². The molecular weight excluding hydrogens is 212 g/mol. The van der Waals surface area contributed by atoms with Crippen molar-refractivity contribution in [2.45, 2.75) is 37.8 Å². The lowest BCUT2D eigenvalue weighted by Crippen LogP contribution is -2.42. The molecule has 3 N–H and O–H groups in total. The van der Waals surface area contributed by atoms with E-state index in [1.165, 1.54) is 24.0 Å². The van der Waals surface area contributed by atoms with Crippen molar-refractivity contribution in [2.24, 2.45) is 11.8 Å². The van der Waals surface area contributed by atoms with Crippen LogP contribution in [0.4, 0.5) is 0 Å². The van der Waals surface area contributed by atoms with Crippen molar-refractivity contribution >= 4 is 0 Å². The van der Waals surface area contributed by atoms with Crippen LogP contribution in [0.2, 0.25) is 0 Å². The van der Waals surface area contributed by atoms with Crippen LogP contribution < -0.4 is 11.3 Å². The molecule has 1 heterocycles. The Kier molecular flexibility index (Phi) is 3.14. The zero-order valence-electron chi connectivity index (χ0n) is 10.1. The first-order valence-corrected chi connectivity index (χ1v) is 6.54. The van der Waals surface area contributed by atoms with Gasteiger partial charge in [0.1, 0.15) is 0 Å². The van der Waals surface area contributed by atoms with Crippen LogP contribution in [0.3, 0.4) is 0 Å². The standard InChI is InChI=1S/C14H20N2O/c15-16-13(9-10-5-6-10)14-12-4-2-1-3-11(12)7-8-17-14/h1-4,10,13-14,16H,5-9,15H2. The summed E-state index contributed by atoms with van der Waals surface area (Å²) < 4.78 is 5.94. The summed E-state index contributed by atoms with van der Waals surface area (Å²) >= 11 is 0. The second-order valence-corrected chi connectivity index (χ2v) is 5.19. The van der Waals surface area contributed by atoms with Gasteiger partial charge < -0.3 is 4.74 Å². The first-order valence-electron chi connectivity index (χ1n) is 6.54. The minimum atomic E-state index is 0.130. The summed E-state index contributed by atoms with van der Waals surface area (Å²) in [6.07, 6.45) is 4.99. The Hall–Kier alpha value is -0.900. The first-order chi connectivity index (χ1) is 8.38. The average Bonchev–Trinajstić information content (AvgIpc) is 3.19. The molecule has 1 saturated carbocycles. The molecule has 1 fully saturated rings. The smallest absolute Gasteiger partial charge is 0.0994 e. The highest BCUT2D eigenvalue weighted by molar-refractivity contribution is 5.32. The van der Waals surface area contributed by atoms with E-state index in [1.807, 2.05) is 0 Å². The fraction of sp³-hybridized carbons (Fsp3) is 0.571. The molecule has 3 heteroatoms. The second kappa shape index (κ2) is 4.77. The molecule has 1 aromatic carbocycles. The van der Waals surface area contributed by atoms with Gasteiger partial charge in [-0.3, -0.25) is 11.3 Å². The van der Waals surface area contributed by atoms with Gasteiger partial charge in [-0.15, -0.1) is 0 Å². The minimum Gasteiger partial charge on any atom is -0.371 e. The fourth-order valence-electron chi connectivity index (χ4n) is 2.75.